The Labute approximate surface area is 166 Å². The molecule has 0 aromatic heterocycles. The summed E-state index contributed by atoms with van der Waals surface area (Å²) in [5, 5.41) is 3.05. The van der Waals surface area contributed by atoms with Crippen molar-refractivity contribution in [3.63, 3.8) is 0 Å². The SMILES string of the molecule is COc1ccc(Cl)cc1C(=O)OCC(=O)Nc1c(Br)cc(C)cc1Br. The predicted molar refractivity (Wildman–Crippen MR) is 103 cm³/mol. The molecular formula is C17H14Br2ClNO4. The van der Waals surface area contributed by atoms with Crippen molar-refractivity contribution in [3.05, 3.63) is 55.4 Å². The molecule has 2 aromatic carbocycles. The van der Waals surface area contributed by atoms with Crippen LogP contribution < -0.4 is 10.1 Å². The van der Waals surface area contributed by atoms with Crippen molar-refractivity contribution in [3.8, 4) is 5.75 Å². The van der Waals surface area contributed by atoms with Gasteiger partial charge in [0.2, 0.25) is 0 Å². The van der Waals surface area contributed by atoms with Crippen LogP contribution in [0.5, 0.6) is 5.75 Å². The van der Waals surface area contributed by atoms with Gasteiger partial charge in [-0.3, -0.25) is 4.79 Å². The third-order valence-corrected chi connectivity index (χ3v) is 4.65. The van der Waals surface area contributed by atoms with Crippen molar-refractivity contribution in [1.29, 1.82) is 0 Å². The van der Waals surface area contributed by atoms with Gasteiger partial charge in [-0.05, 0) is 74.7 Å². The Morgan fingerprint density at radius 3 is 2.40 bits per heavy atom. The fraction of sp³-hybridized carbons (Fsp3) is 0.176. The number of ether oxygens (including phenoxy) is 2. The van der Waals surface area contributed by atoms with Crippen LogP contribution >= 0.6 is 43.5 Å². The van der Waals surface area contributed by atoms with Gasteiger partial charge in [-0.2, -0.15) is 0 Å². The van der Waals surface area contributed by atoms with Crippen LogP contribution in [0.4, 0.5) is 5.69 Å². The molecule has 5 nitrogen and oxygen atoms in total. The first kappa shape index (κ1) is 19.8. The molecule has 0 unspecified atom stereocenters. The first-order valence-corrected chi connectivity index (χ1v) is 9.04. The fourth-order valence-electron chi connectivity index (χ4n) is 2.04. The van der Waals surface area contributed by atoms with Crippen molar-refractivity contribution in [2.45, 2.75) is 6.92 Å². The van der Waals surface area contributed by atoms with Crippen molar-refractivity contribution in [2.24, 2.45) is 0 Å². The van der Waals surface area contributed by atoms with E-state index in [0.29, 0.717) is 16.5 Å². The van der Waals surface area contributed by atoms with Gasteiger partial charge in [-0.25, -0.2) is 4.79 Å². The molecule has 0 heterocycles. The number of aryl methyl sites for hydroxylation is 1. The molecular weight excluding hydrogens is 477 g/mol. The molecule has 0 spiro atoms. The highest BCUT2D eigenvalue weighted by Gasteiger charge is 2.17. The van der Waals surface area contributed by atoms with Gasteiger partial charge in [0.25, 0.3) is 5.91 Å². The molecule has 2 rings (SSSR count). The van der Waals surface area contributed by atoms with Crippen molar-refractivity contribution < 1.29 is 19.1 Å². The summed E-state index contributed by atoms with van der Waals surface area (Å²) in [5.74, 6) is -0.852. The lowest BCUT2D eigenvalue weighted by molar-refractivity contribution is -0.119. The van der Waals surface area contributed by atoms with Gasteiger partial charge in [0, 0.05) is 14.0 Å². The van der Waals surface area contributed by atoms with Gasteiger partial charge < -0.3 is 14.8 Å². The van der Waals surface area contributed by atoms with E-state index in [0.717, 1.165) is 14.5 Å². The molecule has 0 aliphatic heterocycles. The monoisotopic (exact) mass is 489 g/mol. The normalized spacial score (nSPS) is 10.3. The lowest BCUT2D eigenvalue weighted by Crippen LogP contribution is -2.21. The first-order valence-electron chi connectivity index (χ1n) is 7.08. The maximum atomic E-state index is 12.2. The van der Waals surface area contributed by atoms with Gasteiger partial charge >= 0.3 is 5.97 Å². The average Bonchev–Trinajstić information content (AvgIpc) is 2.55. The predicted octanol–water partition coefficient (Wildman–Crippen LogP) is 4.98. The summed E-state index contributed by atoms with van der Waals surface area (Å²) in [5.41, 5.74) is 1.74. The van der Waals surface area contributed by atoms with Gasteiger partial charge in [-0.1, -0.05) is 11.6 Å². The van der Waals surface area contributed by atoms with E-state index in [2.05, 4.69) is 37.2 Å². The van der Waals surface area contributed by atoms with Crippen LogP contribution in [-0.2, 0) is 9.53 Å². The van der Waals surface area contributed by atoms with Gasteiger partial charge in [0.1, 0.15) is 11.3 Å². The lowest BCUT2D eigenvalue weighted by atomic mass is 10.2. The second-order valence-corrected chi connectivity index (χ2v) is 7.22. The Morgan fingerprint density at radius 1 is 1.16 bits per heavy atom. The van der Waals surface area contributed by atoms with Crippen LogP contribution in [0.1, 0.15) is 15.9 Å². The number of hydrogen-bond acceptors (Lipinski definition) is 4. The zero-order valence-electron chi connectivity index (χ0n) is 13.4. The molecule has 0 radical (unpaired) electrons. The first-order chi connectivity index (χ1) is 11.8. The van der Waals surface area contributed by atoms with E-state index in [4.69, 9.17) is 21.1 Å². The molecule has 25 heavy (non-hydrogen) atoms. The Bertz CT molecular complexity index is 803. The van der Waals surface area contributed by atoms with Crippen molar-refractivity contribution in [1.82, 2.24) is 0 Å². The standard InChI is InChI=1S/C17H14Br2ClNO4/c1-9-5-12(18)16(13(19)6-9)21-15(22)8-25-17(23)11-7-10(20)3-4-14(11)24-2/h3-7H,8H2,1-2H3,(H,21,22). The largest absolute Gasteiger partial charge is 0.496 e. The highest BCUT2D eigenvalue weighted by atomic mass is 79.9. The minimum atomic E-state index is -0.698. The summed E-state index contributed by atoms with van der Waals surface area (Å²) < 4.78 is 11.6. The molecule has 0 saturated heterocycles. The van der Waals surface area contributed by atoms with Crippen molar-refractivity contribution >= 4 is 61.0 Å². The molecule has 0 bridgehead atoms. The maximum Gasteiger partial charge on any atom is 0.342 e. The van der Waals surface area contributed by atoms with Crippen LogP contribution in [0.25, 0.3) is 0 Å². The number of carbonyl (C=O) groups is 2. The second-order valence-electron chi connectivity index (χ2n) is 5.07. The smallest absolute Gasteiger partial charge is 0.342 e. The van der Waals surface area contributed by atoms with E-state index >= 15 is 0 Å². The number of benzene rings is 2. The molecule has 1 N–H and O–H groups in total. The summed E-state index contributed by atoms with van der Waals surface area (Å²) in [6.07, 6.45) is 0. The zero-order valence-corrected chi connectivity index (χ0v) is 17.3. The van der Waals surface area contributed by atoms with Gasteiger partial charge in [-0.15, -0.1) is 0 Å². The summed E-state index contributed by atoms with van der Waals surface area (Å²) in [7, 11) is 1.43. The van der Waals surface area contributed by atoms with E-state index in [1.807, 2.05) is 19.1 Å². The number of esters is 1. The van der Waals surface area contributed by atoms with E-state index in [1.165, 1.54) is 13.2 Å². The number of methoxy groups -OCH3 is 1. The molecule has 8 heteroatoms. The molecule has 1 amide bonds. The Morgan fingerprint density at radius 2 is 1.80 bits per heavy atom. The number of hydrogen-bond donors (Lipinski definition) is 1. The topological polar surface area (TPSA) is 64.6 Å². The number of nitrogens with one attached hydrogen (secondary N) is 1. The molecule has 0 fully saturated rings. The van der Waals surface area contributed by atoms with Gasteiger partial charge in [0.15, 0.2) is 6.61 Å². The number of halogens is 3. The summed E-state index contributed by atoms with van der Waals surface area (Å²) >= 11 is 12.7. The number of rotatable bonds is 5. The fourth-order valence-corrected chi connectivity index (χ4v) is 3.83. The lowest BCUT2D eigenvalue weighted by Gasteiger charge is -2.12. The van der Waals surface area contributed by atoms with Crippen LogP contribution in [0.15, 0.2) is 39.3 Å². The third kappa shape index (κ3) is 5.20. The quantitative estimate of drug-likeness (QED) is 0.600. The van der Waals surface area contributed by atoms with Crippen LogP contribution in [0.3, 0.4) is 0 Å². The molecule has 0 atom stereocenters. The van der Waals surface area contributed by atoms with Crippen LogP contribution in [0.2, 0.25) is 5.02 Å². The third-order valence-electron chi connectivity index (χ3n) is 3.17. The summed E-state index contributed by atoms with van der Waals surface area (Å²) in [6.45, 7) is 1.49. The van der Waals surface area contributed by atoms with E-state index in [1.54, 1.807) is 12.1 Å². The summed E-state index contributed by atoms with van der Waals surface area (Å²) in [4.78, 5) is 24.2. The molecule has 0 aliphatic rings. The Balaban J connectivity index is 2.03. The molecule has 2 aromatic rings. The van der Waals surface area contributed by atoms with E-state index < -0.39 is 18.5 Å². The molecule has 0 saturated carbocycles. The maximum absolute atomic E-state index is 12.2. The number of anilines is 1. The minimum Gasteiger partial charge on any atom is -0.496 e. The second kappa shape index (κ2) is 8.69. The average molecular weight is 492 g/mol. The number of amides is 1. The van der Waals surface area contributed by atoms with Crippen LogP contribution in [0, 0.1) is 6.92 Å². The van der Waals surface area contributed by atoms with Gasteiger partial charge in [0.05, 0.1) is 12.8 Å². The number of carbonyl (C=O) groups excluding carboxylic acids is 2. The molecule has 0 aliphatic carbocycles. The highest BCUT2D eigenvalue weighted by molar-refractivity contribution is 9.11. The van der Waals surface area contributed by atoms with Crippen LogP contribution in [-0.4, -0.2) is 25.6 Å². The van der Waals surface area contributed by atoms with E-state index in [-0.39, 0.29) is 5.56 Å². The molecule has 132 valence electrons. The van der Waals surface area contributed by atoms with E-state index in [9.17, 15) is 9.59 Å². The minimum absolute atomic E-state index is 0.153. The van der Waals surface area contributed by atoms with Crippen molar-refractivity contribution in [2.75, 3.05) is 19.0 Å². The highest BCUT2D eigenvalue weighted by Crippen LogP contribution is 2.32. The Hall–Kier alpha value is -1.57. The summed E-state index contributed by atoms with van der Waals surface area (Å²) in [6, 6.07) is 8.30. The Kier molecular flexibility index (Phi) is 6.87. The zero-order chi connectivity index (χ0) is 18.6.